The van der Waals surface area contributed by atoms with E-state index in [1.165, 1.54) is 64.2 Å². The van der Waals surface area contributed by atoms with Crippen LogP contribution in [0.15, 0.2) is 85.1 Å². The molecule has 1 saturated carbocycles. The summed E-state index contributed by atoms with van der Waals surface area (Å²) in [4.78, 5) is 23.2. The normalized spacial score (nSPS) is 22.3. The van der Waals surface area contributed by atoms with E-state index in [1.807, 2.05) is 0 Å². The zero-order valence-corrected chi connectivity index (χ0v) is 40.9. The summed E-state index contributed by atoms with van der Waals surface area (Å²) >= 11 is 0. The van der Waals surface area contributed by atoms with Gasteiger partial charge in [0.05, 0.1) is 13.2 Å². The lowest BCUT2D eigenvalue weighted by atomic mass is 9.85. The molecule has 1 aliphatic rings. The summed E-state index contributed by atoms with van der Waals surface area (Å²) in [6.45, 7) is 3.99. The maximum atomic E-state index is 12.8. The highest BCUT2D eigenvalue weighted by Gasteiger charge is 2.51. The average molecular weight is 937 g/mol. The minimum Gasteiger partial charge on any atom is -0.457 e. The van der Waals surface area contributed by atoms with Crippen LogP contribution in [0.2, 0.25) is 0 Å². The molecule has 374 valence electrons. The Morgan fingerprint density at radius 2 is 0.908 bits per heavy atom. The predicted molar refractivity (Wildman–Crippen MR) is 262 cm³/mol. The number of rotatable bonds is 41. The Labute approximate surface area is 392 Å². The van der Waals surface area contributed by atoms with E-state index in [4.69, 9.17) is 18.5 Å². The van der Waals surface area contributed by atoms with Crippen LogP contribution in [0, 0.1) is 0 Å². The van der Waals surface area contributed by atoms with Crippen LogP contribution < -0.4 is 0 Å². The number of aliphatic hydroxyl groups is 5. The molecule has 6 atom stereocenters. The maximum absolute atomic E-state index is 12.8. The SMILES string of the molecule is CC/C=C\C/C=C\C/C=C\C/C=C\C/C=C\C/C=C\CCCOCC(COP(=O)(O)OC1C(O)C(O)C(O)C(O)C1O)OC(=O)CCCCCCCCC/C=C\CCCCCCCCC. The van der Waals surface area contributed by atoms with E-state index in [0.29, 0.717) is 19.4 Å². The topological polar surface area (TPSA) is 192 Å². The zero-order valence-electron chi connectivity index (χ0n) is 40.0. The van der Waals surface area contributed by atoms with Gasteiger partial charge in [-0.25, -0.2) is 4.57 Å². The summed E-state index contributed by atoms with van der Waals surface area (Å²) in [5.74, 6) is -0.504. The predicted octanol–water partition coefficient (Wildman–Crippen LogP) is 10.9. The Hall–Kier alpha value is -2.48. The molecule has 65 heavy (non-hydrogen) atoms. The Kier molecular flexibility index (Phi) is 38.8. The third-order valence-corrected chi connectivity index (χ3v) is 12.0. The van der Waals surface area contributed by atoms with E-state index < -0.39 is 63.1 Å². The molecule has 0 spiro atoms. The minimum absolute atomic E-state index is 0.123. The van der Waals surface area contributed by atoms with Gasteiger partial charge < -0.3 is 39.9 Å². The summed E-state index contributed by atoms with van der Waals surface area (Å²) in [5.41, 5.74) is 0. The van der Waals surface area contributed by atoms with Crippen molar-refractivity contribution in [2.24, 2.45) is 0 Å². The van der Waals surface area contributed by atoms with Crippen LogP contribution in [0.25, 0.3) is 0 Å². The van der Waals surface area contributed by atoms with Crippen LogP contribution in [-0.2, 0) is 27.9 Å². The van der Waals surface area contributed by atoms with Gasteiger partial charge >= 0.3 is 13.8 Å². The van der Waals surface area contributed by atoms with Crippen LogP contribution in [-0.4, -0.2) is 98.9 Å². The number of allylic oxidation sites excluding steroid dienone is 14. The van der Waals surface area contributed by atoms with Crippen molar-refractivity contribution in [1.82, 2.24) is 0 Å². The lowest BCUT2D eigenvalue weighted by Gasteiger charge is -2.41. The molecule has 0 aromatic heterocycles. The molecule has 0 saturated heterocycles. The van der Waals surface area contributed by atoms with Gasteiger partial charge in [0.15, 0.2) is 0 Å². The fourth-order valence-corrected chi connectivity index (χ4v) is 8.04. The van der Waals surface area contributed by atoms with Gasteiger partial charge in [-0.1, -0.05) is 170 Å². The fraction of sp³-hybridized carbons (Fsp3) is 0.712. The number of aliphatic hydroxyl groups excluding tert-OH is 5. The molecule has 13 heteroatoms. The molecule has 6 unspecified atom stereocenters. The van der Waals surface area contributed by atoms with Gasteiger partial charge in [-0.15, -0.1) is 0 Å². The second-order valence-electron chi connectivity index (χ2n) is 16.9. The van der Waals surface area contributed by atoms with Gasteiger partial charge in [-0.2, -0.15) is 0 Å². The number of carbonyl (C=O) groups excluding carboxylic acids is 1. The number of carbonyl (C=O) groups is 1. The summed E-state index contributed by atoms with van der Waals surface area (Å²) in [5, 5.41) is 50.3. The molecule has 12 nitrogen and oxygen atoms in total. The Balaban J connectivity index is 2.42. The van der Waals surface area contributed by atoms with Crippen molar-refractivity contribution in [2.45, 2.75) is 217 Å². The second-order valence-corrected chi connectivity index (χ2v) is 18.3. The highest BCUT2D eigenvalue weighted by molar-refractivity contribution is 7.47. The van der Waals surface area contributed by atoms with Gasteiger partial charge in [-0.3, -0.25) is 13.8 Å². The van der Waals surface area contributed by atoms with Crippen molar-refractivity contribution in [3.8, 4) is 0 Å². The molecule has 0 radical (unpaired) electrons. The zero-order chi connectivity index (χ0) is 47.6. The minimum atomic E-state index is -5.04. The number of unbranched alkanes of at least 4 members (excludes halogenated alkanes) is 15. The van der Waals surface area contributed by atoms with Crippen LogP contribution in [0.5, 0.6) is 0 Å². The number of hydrogen-bond donors (Lipinski definition) is 6. The maximum Gasteiger partial charge on any atom is 0.472 e. The molecule has 0 aliphatic heterocycles. The summed E-state index contributed by atoms with van der Waals surface area (Å²) in [6, 6.07) is 0. The highest BCUT2D eigenvalue weighted by Crippen LogP contribution is 2.47. The standard InChI is InChI=1S/C52H89O12P/c1-3-5-7-9-11-13-15-17-19-21-23-24-26-28-30-32-34-36-38-40-42-61-43-45(44-62-65(59,60)64-52-50(57)48(55)47(54)49(56)51(52)58)63-46(53)41-39-37-35-33-31-29-27-25-22-20-18-16-14-12-10-8-6-4-2/h5,7,11,13,17,19-20,22-24,28,30,34,36,45,47-52,54-58H,3-4,6,8-10,12,14-16,18,21,25-27,29,31-33,35,37-44H2,1-2H3,(H,59,60)/b7-5-,13-11-,19-17-,22-20-,24-23-,30-28-,36-34-. The van der Waals surface area contributed by atoms with Crippen LogP contribution in [0.1, 0.15) is 174 Å². The van der Waals surface area contributed by atoms with Crippen molar-refractivity contribution in [3.63, 3.8) is 0 Å². The molecule has 1 rings (SSSR count). The van der Waals surface area contributed by atoms with Crippen LogP contribution >= 0.6 is 7.82 Å². The quantitative estimate of drug-likeness (QED) is 0.0147. The van der Waals surface area contributed by atoms with Gasteiger partial charge in [0.2, 0.25) is 0 Å². The smallest absolute Gasteiger partial charge is 0.457 e. The average Bonchev–Trinajstić information content (AvgIpc) is 3.29. The fourth-order valence-electron chi connectivity index (χ4n) is 7.07. The summed E-state index contributed by atoms with van der Waals surface area (Å²) in [7, 11) is -5.04. The van der Waals surface area contributed by atoms with Crippen molar-refractivity contribution >= 4 is 13.8 Å². The molecule has 0 bridgehead atoms. The van der Waals surface area contributed by atoms with Crippen molar-refractivity contribution < 1.29 is 58.3 Å². The Morgan fingerprint density at radius 3 is 1.40 bits per heavy atom. The van der Waals surface area contributed by atoms with E-state index in [0.717, 1.165) is 77.0 Å². The third-order valence-electron chi connectivity index (χ3n) is 11.0. The molecule has 0 amide bonds. The van der Waals surface area contributed by atoms with Crippen LogP contribution in [0.4, 0.5) is 0 Å². The van der Waals surface area contributed by atoms with E-state index >= 15 is 0 Å². The molecular weight excluding hydrogens is 848 g/mol. The highest BCUT2D eigenvalue weighted by atomic mass is 31.2. The summed E-state index contributed by atoms with van der Waals surface area (Å²) in [6.07, 6.45) is 43.7. The Morgan fingerprint density at radius 1 is 0.508 bits per heavy atom. The molecule has 6 N–H and O–H groups in total. The first-order valence-corrected chi connectivity index (χ1v) is 26.4. The van der Waals surface area contributed by atoms with E-state index in [9.17, 15) is 39.8 Å². The molecule has 1 fully saturated rings. The monoisotopic (exact) mass is 937 g/mol. The van der Waals surface area contributed by atoms with Crippen molar-refractivity contribution in [1.29, 1.82) is 0 Å². The summed E-state index contributed by atoms with van der Waals surface area (Å²) < 4.78 is 34.2. The lowest BCUT2D eigenvalue weighted by Crippen LogP contribution is -2.64. The van der Waals surface area contributed by atoms with Crippen molar-refractivity contribution in [3.05, 3.63) is 85.1 Å². The van der Waals surface area contributed by atoms with Gasteiger partial charge in [0.25, 0.3) is 0 Å². The number of esters is 1. The first-order chi connectivity index (χ1) is 31.5. The molecule has 0 aromatic rings. The second kappa shape index (κ2) is 41.7. The third kappa shape index (κ3) is 33.6. The van der Waals surface area contributed by atoms with E-state index in [-0.39, 0.29) is 13.0 Å². The number of phosphoric acid groups is 1. The largest absolute Gasteiger partial charge is 0.472 e. The molecular formula is C52H89O12P. The first kappa shape index (κ1) is 60.5. The van der Waals surface area contributed by atoms with Crippen molar-refractivity contribution in [2.75, 3.05) is 19.8 Å². The van der Waals surface area contributed by atoms with E-state index in [1.54, 1.807) is 0 Å². The van der Waals surface area contributed by atoms with E-state index in [2.05, 4.69) is 98.9 Å². The lowest BCUT2D eigenvalue weighted by molar-refractivity contribution is -0.220. The molecule has 0 aromatic carbocycles. The van der Waals surface area contributed by atoms with Gasteiger partial charge in [0.1, 0.15) is 42.7 Å². The molecule has 0 heterocycles. The first-order valence-electron chi connectivity index (χ1n) is 24.9. The van der Waals surface area contributed by atoms with Gasteiger partial charge in [-0.05, 0) is 83.5 Å². The number of ether oxygens (including phenoxy) is 2. The number of hydrogen-bond acceptors (Lipinski definition) is 11. The Bertz CT molecular complexity index is 1390. The molecule has 1 aliphatic carbocycles. The van der Waals surface area contributed by atoms with Crippen LogP contribution in [0.3, 0.4) is 0 Å². The van der Waals surface area contributed by atoms with Gasteiger partial charge in [0, 0.05) is 13.0 Å². The number of phosphoric ester groups is 1.